The van der Waals surface area contributed by atoms with Crippen molar-refractivity contribution in [3.8, 4) is 0 Å². The van der Waals surface area contributed by atoms with Crippen LogP contribution >= 0.6 is 11.9 Å². The van der Waals surface area contributed by atoms with E-state index in [4.69, 9.17) is 15.7 Å². The van der Waals surface area contributed by atoms with Gasteiger partial charge in [-0.2, -0.15) is 0 Å². The molecule has 0 aromatic carbocycles. The first-order chi connectivity index (χ1) is 8.77. The van der Waals surface area contributed by atoms with Gasteiger partial charge in [0.15, 0.2) is 5.84 Å². The second kappa shape index (κ2) is 9.32. The Hall–Kier alpha value is -0.630. The fraction of sp³-hybridized carbons (Fsp3) is 0.818. The van der Waals surface area contributed by atoms with Gasteiger partial charge < -0.3 is 15.7 Å². The maximum absolute atomic E-state index is 8.83. The number of hydrogen-bond acceptors (Lipinski definition) is 6. The summed E-state index contributed by atoms with van der Waals surface area (Å²) in [6.07, 6.45) is 5.28. The predicted molar refractivity (Wildman–Crippen MR) is 75.8 cm³/mol. The van der Waals surface area contributed by atoms with Crippen molar-refractivity contribution < 1.29 is 9.94 Å². The Kier molecular flexibility index (Phi) is 7.99. The minimum Gasteiger partial charge on any atom is -0.394 e. The van der Waals surface area contributed by atoms with E-state index < -0.39 is 6.04 Å². The van der Waals surface area contributed by atoms with Crippen molar-refractivity contribution in [2.75, 3.05) is 19.8 Å². The molecule has 1 unspecified atom stereocenters. The van der Waals surface area contributed by atoms with Gasteiger partial charge in [-0.1, -0.05) is 29.9 Å². The van der Waals surface area contributed by atoms with E-state index in [-0.39, 0.29) is 12.4 Å². The highest BCUT2D eigenvalue weighted by molar-refractivity contribution is 7.98. The molecule has 1 atom stereocenters. The van der Waals surface area contributed by atoms with E-state index in [1.807, 2.05) is 0 Å². The molecule has 1 saturated carbocycles. The van der Waals surface area contributed by atoms with E-state index in [2.05, 4.69) is 21.6 Å². The van der Waals surface area contributed by atoms with Crippen molar-refractivity contribution in [2.45, 2.75) is 37.0 Å². The topological polar surface area (TPSA) is 92.2 Å². The van der Waals surface area contributed by atoms with Crippen LogP contribution in [0.2, 0.25) is 0 Å². The van der Waals surface area contributed by atoms with Gasteiger partial charge in [0.05, 0.1) is 12.6 Å². The molecule has 0 spiro atoms. The van der Waals surface area contributed by atoms with Gasteiger partial charge in [-0.3, -0.25) is 4.72 Å². The molecule has 0 amide bonds. The van der Waals surface area contributed by atoms with Crippen molar-refractivity contribution in [2.24, 2.45) is 15.9 Å². The van der Waals surface area contributed by atoms with Crippen LogP contribution in [-0.4, -0.2) is 48.7 Å². The standard InChI is InChI=1S/C11H22N4O2S/c1-13-11(10(12)8-16)15-17-7-6-14-18-9-4-2-3-5-9/h9-10,14,16H,1-8,12H2/b15-11-. The quantitative estimate of drug-likeness (QED) is 0.197. The molecule has 1 aliphatic carbocycles. The van der Waals surface area contributed by atoms with E-state index in [0.29, 0.717) is 13.2 Å². The van der Waals surface area contributed by atoms with Crippen molar-refractivity contribution in [3.05, 3.63) is 0 Å². The third kappa shape index (κ3) is 5.81. The Morgan fingerprint density at radius 3 is 2.89 bits per heavy atom. The van der Waals surface area contributed by atoms with Crippen molar-refractivity contribution in [1.29, 1.82) is 0 Å². The molecule has 1 aliphatic rings. The SMILES string of the molecule is C=N/C(=N\OCCNSC1CCCC1)C(N)CO. The fourth-order valence-electron chi connectivity index (χ4n) is 1.68. The van der Waals surface area contributed by atoms with Crippen LogP contribution in [0.4, 0.5) is 0 Å². The minimum absolute atomic E-state index is 0.223. The number of rotatable bonds is 8. The van der Waals surface area contributed by atoms with Crippen molar-refractivity contribution in [3.63, 3.8) is 0 Å². The minimum atomic E-state index is -0.636. The number of amidine groups is 1. The Balaban J connectivity index is 2.05. The Labute approximate surface area is 112 Å². The molecule has 104 valence electrons. The molecule has 0 saturated heterocycles. The van der Waals surface area contributed by atoms with Gasteiger partial charge in [-0.05, 0) is 19.6 Å². The van der Waals surface area contributed by atoms with Crippen LogP contribution in [0, 0.1) is 0 Å². The van der Waals surface area contributed by atoms with Gasteiger partial charge in [-0.15, -0.1) is 0 Å². The van der Waals surface area contributed by atoms with E-state index in [1.54, 1.807) is 11.9 Å². The number of nitrogens with two attached hydrogens (primary N) is 1. The van der Waals surface area contributed by atoms with Crippen molar-refractivity contribution >= 4 is 24.5 Å². The van der Waals surface area contributed by atoms with Crippen LogP contribution in [-0.2, 0) is 4.84 Å². The molecule has 4 N–H and O–H groups in total. The predicted octanol–water partition coefficient (Wildman–Crippen LogP) is 0.517. The number of aliphatic hydroxyl groups excluding tert-OH is 1. The summed E-state index contributed by atoms with van der Waals surface area (Å²) in [5, 5.41) is 13.3. The highest BCUT2D eigenvalue weighted by atomic mass is 32.2. The number of oxime groups is 1. The van der Waals surface area contributed by atoms with E-state index in [1.165, 1.54) is 25.7 Å². The van der Waals surface area contributed by atoms with Crippen LogP contribution < -0.4 is 10.5 Å². The Bertz CT molecular complexity index is 270. The van der Waals surface area contributed by atoms with Gasteiger partial charge in [0.2, 0.25) is 0 Å². The molecule has 1 rings (SSSR count). The first-order valence-electron chi connectivity index (χ1n) is 6.19. The van der Waals surface area contributed by atoms with Gasteiger partial charge >= 0.3 is 0 Å². The van der Waals surface area contributed by atoms with Crippen molar-refractivity contribution in [1.82, 2.24) is 4.72 Å². The second-order valence-corrected chi connectivity index (χ2v) is 5.34. The summed E-state index contributed by atoms with van der Waals surface area (Å²) >= 11 is 1.78. The summed E-state index contributed by atoms with van der Waals surface area (Å²) in [6, 6.07) is -0.636. The summed E-state index contributed by atoms with van der Waals surface area (Å²) in [7, 11) is 0. The van der Waals surface area contributed by atoms with Gasteiger partial charge in [0.25, 0.3) is 0 Å². The van der Waals surface area contributed by atoms with Crippen LogP contribution in [0.15, 0.2) is 10.1 Å². The number of hydrogen-bond donors (Lipinski definition) is 3. The average molecular weight is 274 g/mol. The molecule has 0 radical (unpaired) electrons. The zero-order chi connectivity index (χ0) is 13.2. The molecule has 0 aliphatic heterocycles. The van der Waals surface area contributed by atoms with Crippen LogP contribution in [0.5, 0.6) is 0 Å². The molecule has 0 aromatic rings. The molecule has 6 nitrogen and oxygen atoms in total. The summed E-state index contributed by atoms with van der Waals surface area (Å²) in [5.41, 5.74) is 5.54. The number of nitrogens with one attached hydrogen (secondary N) is 1. The van der Waals surface area contributed by atoms with Crippen LogP contribution in [0.3, 0.4) is 0 Å². The van der Waals surface area contributed by atoms with Gasteiger partial charge in [0, 0.05) is 11.8 Å². The Morgan fingerprint density at radius 1 is 1.56 bits per heavy atom. The molecule has 0 bridgehead atoms. The van der Waals surface area contributed by atoms with Crippen LogP contribution in [0.1, 0.15) is 25.7 Å². The monoisotopic (exact) mass is 274 g/mol. The fourth-order valence-corrected chi connectivity index (χ4v) is 2.68. The Morgan fingerprint density at radius 2 is 2.28 bits per heavy atom. The normalized spacial score (nSPS) is 18.9. The summed E-state index contributed by atoms with van der Waals surface area (Å²) in [5.74, 6) is 0.223. The highest BCUT2D eigenvalue weighted by Crippen LogP contribution is 2.27. The summed E-state index contributed by atoms with van der Waals surface area (Å²) < 4.78 is 3.26. The third-order valence-corrected chi connectivity index (χ3v) is 3.87. The molecule has 0 aromatic heterocycles. The number of nitrogens with zero attached hydrogens (tertiary/aromatic N) is 2. The highest BCUT2D eigenvalue weighted by Gasteiger charge is 2.14. The third-order valence-electron chi connectivity index (χ3n) is 2.70. The average Bonchev–Trinajstić information content (AvgIpc) is 2.90. The first-order valence-corrected chi connectivity index (χ1v) is 7.07. The lowest BCUT2D eigenvalue weighted by molar-refractivity contribution is 0.148. The first kappa shape index (κ1) is 15.4. The van der Waals surface area contributed by atoms with Crippen LogP contribution in [0.25, 0.3) is 0 Å². The zero-order valence-electron chi connectivity index (χ0n) is 10.5. The molecular formula is C11H22N4O2S. The summed E-state index contributed by atoms with van der Waals surface area (Å²) in [4.78, 5) is 8.67. The smallest absolute Gasteiger partial charge is 0.186 e. The number of aliphatic imine (C=N–C) groups is 1. The summed E-state index contributed by atoms with van der Waals surface area (Å²) in [6.45, 7) is 4.25. The zero-order valence-corrected chi connectivity index (χ0v) is 11.4. The molecule has 0 heterocycles. The number of aliphatic hydroxyl groups is 1. The van der Waals surface area contributed by atoms with Gasteiger partial charge in [0.1, 0.15) is 6.61 Å². The second-order valence-electron chi connectivity index (χ2n) is 4.15. The molecular weight excluding hydrogens is 252 g/mol. The lowest BCUT2D eigenvalue weighted by Gasteiger charge is -2.09. The van der Waals surface area contributed by atoms with E-state index in [9.17, 15) is 0 Å². The molecule has 1 fully saturated rings. The molecule has 7 heteroatoms. The largest absolute Gasteiger partial charge is 0.394 e. The maximum Gasteiger partial charge on any atom is 0.186 e. The van der Waals surface area contributed by atoms with E-state index in [0.717, 1.165) is 5.25 Å². The lowest BCUT2D eigenvalue weighted by Crippen LogP contribution is -2.33. The lowest BCUT2D eigenvalue weighted by atomic mass is 10.3. The maximum atomic E-state index is 8.83. The molecule has 18 heavy (non-hydrogen) atoms. The van der Waals surface area contributed by atoms with E-state index >= 15 is 0 Å². The van der Waals surface area contributed by atoms with Gasteiger partial charge in [-0.25, -0.2) is 4.99 Å².